The average molecular weight is 512 g/mol. The number of nitrogens with zero attached hydrogens (tertiary/aromatic N) is 8. The lowest BCUT2D eigenvalue weighted by Gasteiger charge is -2.34. The maximum atomic E-state index is 13.4. The van der Waals surface area contributed by atoms with Gasteiger partial charge in [-0.2, -0.15) is 23.3 Å². The molecule has 0 radical (unpaired) electrons. The third-order valence-corrected chi connectivity index (χ3v) is 7.14. The molecule has 1 saturated carbocycles. The molecule has 192 valence electrons. The van der Waals surface area contributed by atoms with Crippen molar-refractivity contribution in [3.63, 3.8) is 0 Å². The Kier molecular flexibility index (Phi) is 5.76. The molecule has 1 fully saturated rings. The first-order chi connectivity index (χ1) is 17.9. The van der Waals surface area contributed by atoms with Crippen molar-refractivity contribution in [3.05, 3.63) is 54.4 Å². The van der Waals surface area contributed by atoms with Gasteiger partial charge in [0, 0.05) is 42.7 Å². The van der Waals surface area contributed by atoms with E-state index in [1.165, 1.54) is 16.9 Å². The minimum atomic E-state index is -4.47. The highest BCUT2D eigenvalue weighted by Crippen LogP contribution is 2.35. The van der Waals surface area contributed by atoms with Crippen molar-refractivity contribution in [1.82, 2.24) is 39.4 Å². The summed E-state index contributed by atoms with van der Waals surface area (Å²) in [6.07, 6.45) is 3.06. The highest BCUT2D eigenvalue weighted by Gasteiger charge is 2.34. The van der Waals surface area contributed by atoms with Crippen LogP contribution in [0.2, 0.25) is 0 Å². The minimum Gasteiger partial charge on any atom is -0.351 e. The SMILES string of the molecule is O=C([C@H]1CC[C@H](Nc2nccc(-n3ncc4c(C(F)(F)F)cccc43)n2)CC1)N1CCn2cnnc2C1. The Labute approximate surface area is 209 Å². The second-order valence-electron chi connectivity index (χ2n) is 9.42. The number of halogens is 3. The Hall–Kier alpha value is -4.03. The maximum absolute atomic E-state index is 13.4. The molecular weight excluding hydrogens is 487 g/mol. The van der Waals surface area contributed by atoms with Crippen LogP contribution in [0.15, 0.2) is 43.0 Å². The van der Waals surface area contributed by atoms with Crippen molar-refractivity contribution >= 4 is 22.8 Å². The van der Waals surface area contributed by atoms with E-state index < -0.39 is 11.7 Å². The molecule has 1 aliphatic carbocycles. The molecule has 13 heteroatoms. The average Bonchev–Trinajstić information content (AvgIpc) is 3.55. The smallest absolute Gasteiger partial charge is 0.351 e. The van der Waals surface area contributed by atoms with Crippen LogP contribution in [0, 0.1) is 5.92 Å². The number of anilines is 1. The van der Waals surface area contributed by atoms with Crippen LogP contribution in [-0.4, -0.2) is 57.9 Å². The molecule has 10 nitrogen and oxygen atoms in total. The third kappa shape index (κ3) is 4.49. The number of carbonyl (C=O) groups is 1. The summed E-state index contributed by atoms with van der Waals surface area (Å²) in [5, 5.41) is 15.5. The fraction of sp³-hybridized carbons (Fsp3) is 0.417. The van der Waals surface area contributed by atoms with E-state index in [0.717, 1.165) is 37.6 Å². The molecule has 2 aliphatic rings. The lowest BCUT2D eigenvalue weighted by atomic mass is 9.85. The zero-order chi connectivity index (χ0) is 25.6. The maximum Gasteiger partial charge on any atom is 0.417 e. The van der Waals surface area contributed by atoms with E-state index in [0.29, 0.717) is 36.9 Å². The zero-order valence-corrected chi connectivity index (χ0v) is 19.8. The van der Waals surface area contributed by atoms with E-state index in [9.17, 15) is 18.0 Å². The van der Waals surface area contributed by atoms with Crippen LogP contribution in [-0.2, 0) is 24.1 Å². The molecule has 4 heterocycles. The number of aromatic nitrogens is 7. The standard InChI is InChI=1S/C24H24F3N9O/c25-24(26,27)18-2-1-3-19-17(18)12-30-36(19)20-8-9-28-23(32-20)31-16-6-4-15(5-7-16)22(37)34-10-11-35-14-29-33-21(35)13-34/h1-3,8-9,12,14-16H,4-7,10-11,13H2,(H,28,31,32)/t15-,16-. The van der Waals surface area contributed by atoms with Crippen molar-refractivity contribution in [3.8, 4) is 5.82 Å². The van der Waals surface area contributed by atoms with Crippen molar-refractivity contribution < 1.29 is 18.0 Å². The third-order valence-electron chi connectivity index (χ3n) is 7.14. The summed E-state index contributed by atoms with van der Waals surface area (Å²) in [6, 6.07) is 5.68. The van der Waals surface area contributed by atoms with Gasteiger partial charge in [0.25, 0.3) is 0 Å². The summed E-state index contributed by atoms with van der Waals surface area (Å²) in [7, 11) is 0. The summed E-state index contributed by atoms with van der Waals surface area (Å²) in [6.45, 7) is 1.86. The fourth-order valence-corrected chi connectivity index (χ4v) is 5.20. The Morgan fingerprint density at radius 2 is 1.92 bits per heavy atom. The van der Waals surface area contributed by atoms with Gasteiger partial charge in [0.1, 0.15) is 6.33 Å². The van der Waals surface area contributed by atoms with Gasteiger partial charge in [-0.3, -0.25) is 4.79 Å². The largest absolute Gasteiger partial charge is 0.417 e. The van der Waals surface area contributed by atoms with Crippen LogP contribution in [0.25, 0.3) is 16.7 Å². The summed E-state index contributed by atoms with van der Waals surface area (Å²) >= 11 is 0. The first kappa shape index (κ1) is 23.4. The number of hydrogen-bond acceptors (Lipinski definition) is 7. The van der Waals surface area contributed by atoms with Gasteiger partial charge in [0.15, 0.2) is 11.6 Å². The summed E-state index contributed by atoms with van der Waals surface area (Å²) in [5.41, 5.74) is -0.420. The highest BCUT2D eigenvalue weighted by atomic mass is 19.4. The molecule has 3 aromatic heterocycles. The second-order valence-corrected chi connectivity index (χ2v) is 9.42. The zero-order valence-electron chi connectivity index (χ0n) is 19.8. The van der Waals surface area contributed by atoms with Gasteiger partial charge in [-0.1, -0.05) is 6.07 Å². The molecule has 0 unspecified atom stereocenters. The van der Waals surface area contributed by atoms with Crippen LogP contribution < -0.4 is 5.32 Å². The van der Waals surface area contributed by atoms with Crippen LogP contribution in [0.3, 0.4) is 0 Å². The number of carbonyl (C=O) groups excluding carboxylic acids is 1. The van der Waals surface area contributed by atoms with E-state index in [1.54, 1.807) is 24.7 Å². The quantitative estimate of drug-likeness (QED) is 0.447. The number of nitrogens with one attached hydrogen (secondary N) is 1. The first-order valence-corrected chi connectivity index (χ1v) is 12.2. The number of hydrogen-bond donors (Lipinski definition) is 1. The van der Waals surface area contributed by atoms with Gasteiger partial charge in [-0.05, 0) is 37.8 Å². The number of fused-ring (bicyclic) bond motifs is 2. The van der Waals surface area contributed by atoms with E-state index in [4.69, 9.17) is 0 Å². The first-order valence-electron chi connectivity index (χ1n) is 12.2. The normalized spacial score (nSPS) is 20.1. The Morgan fingerprint density at radius 3 is 2.73 bits per heavy atom. The number of rotatable bonds is 4. The van der Waals surface area contributed by atoms with Gasteiger partial charge in [0.2, 0.25) is 11.9 Å². The van der Waals surface area contributed by atoms with Gasteiger partial charge in [-0.15, -0.1) is 10.2 Å². The van der Waals surface area contributed by atoms with Crippen molar-refractivity contribution in [2.45, 2.75) is 51.0 Å². The fourth-order valence-electron chi connectivity index (χ4n) is 5.20. The molecule has 6 rings (SSSR count). The molecule has 37 heavy (non-hydrogen) atoms. The van der Waals surface area contributed by atoms with Crippen LogP contribution in [0.1, 0.15) is 37.1 Å². The van der Waals surface area contributed by atoms with Crippen molar-refractivity contribution in [1.29, 1.82) is 0 Å². The lowest BCUT2D eigenvalue weighted by molar-refractivity contribution is -0.138. The highest BCUT2D eigenvalue weighted by molar-refractivity contribution is 5.84. The van der Waals surface area contributed by atoms with Crippen LogP contribution in [0.5, 0.6) is 0 Å². The molecule has 1 amide bonds. The predicted octanol–water partition coefficient (Wildman–Crippen LogP) is 3.44. The van der Waals surface area contributed by atoms with Gasteiger partial charge < -0.3 is 14.8 Å². The van der Waals surface area contributed by atoms with Crippen LogP contribution >= 0.6 is 0 Å². The van der Waals surface area contributed by atoms with Crippen molar-refractivity contribution in [2.24, 2.45) is 5.92 Å². The Balaban J connectivity index is 1.11. The molecular formula is C24H24F3N9O. The van der Waals surface area contributed by atoms with E-state index >= 15 is 0 Å². The molecule has 1 N–H and O–H groups in total. The minimum absolute atomic E-state index is 0.0139. The van der Waals surface area contributed by atoms with Gasteiger partial charge in [0.05, 0.1) is 23.8 Å². The molecule has 4 aromatic rings. The van der Waals surface area contributed by atoms with Gasteiger partial charge in [-0.25, -0.2) is 9.67 Å². The second kappa shape index (κ2) is 9.12. The lowest BCUT2D eigenvalue weighted by Crippen LogP contribution is -2.43. The van der Waals surface area contributed by atoms with Gasteiger partial charge >= 0.3 is 6.18 Å². The van der Waals surface area contributed by atoms with Crippen molar-refractivity contribution in [2.75, 3.05) is 11.9 Å². The predicted molar refractivity (Wildman–Crippen MR) is 126 cm³/mol. The van der Waals surface area contributed by atoms with E-state index in [1.807, 2.05) is 9.47 Å². The van der Waals surface area contributed by atoms with Crippen LogP contribution in [0.4, 0.5) is 19.1 Å². The molecule has 0 bridgehead atoms. The molecule has 0 spiro atoms. The Morgan fingerprint density at radius 1 is 1.08 bits per heavy atom. The molecule has 0 atom stereocenters. The molecule has 0 saturated heterocycles. The number of amides is 1. The summed E-state index contributed by atoms with van der Waals surface area (Å²) in [5.74, 6) is 1.69. The summed E-state index contributed by atoms with van der Waals surface area (Å²) in [4.78, 5) is 23.7. The molecule has 1 aromatic carbocycles. The molecule has 1 aliphatic heterocycles. The topological polar surface area (TPSA) is 107 Å². The van der Waals surface area contributed by atoms with E-state index in [2.05, 4.69) is 30.6 Å². The summed E-state index contributed by atoms with van der Waals surface area (Å²) < 4.78 is 43.5. The number of benzene rings is 1. The number of alkyl halides is 3. The van der Waals surface area contributed by atoms with E-state index in [-0.39, 0.29) is 23.3 Å². The monoisotopic (exact) mass is 511 g/mol. The Bertz CT molecular complexity index is 1440.